The van der Waals surface area contributed by atoms with Crippen LogP contribution in [0.2, 0.25) is 0 Å². The molecule has 0 spiro atoms. The van der Waals surface area contributed by atoms with Crippen molar-refractivity contribution in [2.45, 2.75) is 45.6 Å². The third kappa shape index (κ3) is 8.37. The smallest absolute Gasteiger partial charge is 0.259 e. The number of fused-ring (bicyclic) bond motifs is 1. The number of piperazine rings is 1. The van der Waals surface area contributed by atoms with E-state index >= 15 is 0 Å². The summed E-state index contributed by atoms with van der Waals surface area (Å²) < 4.78 is 0.952. The van der Waals surface area contributed by atoms with Gasteiger partial charge in [-0.1, -0.05) is 37.3 Å². The molecule has 2 fully saturated rings. The minimum Gasteiger partial charge on any atom is -0.369 e. The van der Waals surface area contributed by atoms with E-state index in [1.165, 1.54) is 35.5 Å². The van der Waals surface area contributed by atoms with Crippen molar-refractivity contribution in [2.75, 3.05) is 51.4 Å². The van der Waals surface area contributed by atoms with Crippen LogP contribution in [0.15, 0.2) is 54.6 Å². The van der Waals surface area contributed by atoms with E-state index in [0.717, 1.165) is 54.8 Å². The minimum atomic E-state index is -0.307. The van der Waals surface area contributed by atoms with Crippen molar-refractivity contribution in [3.05, 3.63) is 65.7 Å². The number of para-hydroxylation sites is 1. The Hall–Kier alpha value is -3.02. The summed E-state index contributed by atoms with van der Waals surface area (Å²) >= 11 is 1.37. The number of hydroxylamine groups is 1. The molecule has 0 N–H and O–H groups in total. The maximum absolute atomic E-state index is 13.1. The van der Waals surface area contributed by atoms with Crippen molar-refractivity contribution in [3.8, 4) is 5.75 Å². The molecular formula is C32H41Cl2N5O4S. The second kappa shape index (κ2) is 15.8. The van der Waals surface area contributed by atoms with E-state index in [2.05, 4.69) is 21.8 Å². The van der Waals surface area contributed by atoms with Gasteiger partial charge in [-0.25, -0.2) is 4.98 Å². The maximum Gasteiger partial charge on any atom is 0.259 e. The van der Waals surface area contributed by atoms with Crippen LogP contribution in [0.25, 0.3) is 10.2 Å². The predicted octanol–water partition coefficient (Wildman–Crippen LogP) is 5.59. The van der Waals surface area contributed by atoms with E-state index in [-0.39, 0.29) is 48.3 Å². The minimum absolute atomic E-state index is 0. The number of hydrogen-bond acceptors (Lipinski definition) is 8. The van der Waals surface area contributed by atoms with Gasteiger partial charge in [0.05, 0.1) is 10.2 Å². The molecule has 3 aromatic rings. The molecule has 2 aliphatic heterocycles. The summed E-state index contributed by atoms with van der Waals surface area (Å²) in [4.78, 5) is 55.9. The largest absolute Gasteiger partial charge is 0.369 e. The highest BCUT2D eigenvalue weighted by Crippen LogP contribution is 2.33. The van der Waals surface area contributed by atoms with Crippen molar-refractivity contribution >= 4 is 69.1 Å². The van der Waals surface area contributed by atoms with Crippen molar-refractivity contribution in [1.29, 1.82) is 0 Å². The van der Waals surface area contributed by atoms with Gasteiger partial charge < -0.3 is 14.6 Å². The number of piperidine rings is 1. The van der Waals surface area contributed by atoms with E-state index in [0.29, 0.717) is 35.6 Å². The Bertz CT molecular complexity index is 1450. The Labute approximate surface area is 275 Å². The molecule has 5 rings (SSSR count). The van der Waals surface area contributed by atoms with Gasteiger partial charge in [0.25, 0.3) is 5.91 Å². The highest BCUT2D eigenvalue weighted by molar-refractivity contribution is 7.22. The number of hydrogen-bond donors (Lipinski definition) is 0. The van der Waals surface area contributed by atoms with Crippen molar-refractivity contribution in [1.82, 2.24) is 19.7 Å². The topological polar surface area (TPSA) is 86.3 Å². The van der Waals surface area contributed by atoms with E-state index in [1.54, 1.807) is 18.2 Å². The number of allylic oxidation sites excluding steroid dienone is 1. The van der Waals surface area contributed by atoms with Gasteiger partial charge in [-0.05, 0) is 62.2 Å². The van der Waals surface area contributed by atoms with Crippen molar-refractivity contribution < 1.29 is 19.2 Å². The molecule has 0 unspecified atom stereocenters. The average molecular weight is 663 g/mol. The number of halogens is 2. The summed E-state index contributed by atoms with van der Waals surface area (Å²) in [5.41, 5.74) is 2.02. The second-order valence-corrected chi connectivity index (χ2v) is 12.4. The zero-order valence-electron chi connectivity index (χ0n) is 25.6. The number of carbonyl (C=O) groups excluding carboxylic acids is 3. The number of benzene rings is 2. The van der Waals surface area contributed by atoms with Crippen molar-refractivity contribution in [2.24, 2.45) is 0 Å². The Kier molecular flexibility index (Phi) is 12.7. The lowest BCUT2D eigenvalue weighted by Crippen LogP contribution is -2.52. The number of amides is 2. The Morgan fingerprint density at radius 1 is 0.977 bits per heavy atom. The van der Waals surface area contributed by atoms with E-state index in [9.17, 15) is 14.4 Å². The standard InChI is InChI=1S/C32H39N5O4S.2ClH/c1-22(2)26-21-24(9-11-29(26)41-37(23(3)38)32-33-27-7-5-6-8-30(27)42-32)28(39)10-12-31(40)36-15-13-25(14-16-36)35-19-17-34(4)18-20-35;;/h5-12,21-22,25H,13-20H2,1-4H3;2*1H/b12-10+;;. The molecule has 0 atom stereocenters. The highest BCUT2D eigenvalue weighted by atomic mass is 35.5. The highest BCUT2D eigenvalue weighted by Gasteiger charge is 2.28. The second-order valence-electron chi connectivity index (χ2n) is 11.4. The molecule has 238 valence electrons. The number of nitrogens with zero attached hydrogens (tertiary/aromatic N) is 5. The number of rotatable bonds is 8. The summed E-state index contributed by atoms with van der Waals surface area (Å²) in [7, 11) is 2.16. The van der Waals surface area contributed by atoms with Crippen LogP contribution in [0.1, 0.15) is 55.5 Å². The lowest BCUT2D eigenvalue weighted by Gasteiger charge is -2.41. The zero-order chi connectivity index (χ0) is 29.8. The SMILES string of the molecule is CC(=O)N(Oc1ccc(C(=O)/C=C/C(=O)N2CCC(N3CCN(C)CC3)CC2)cc1C(C)C)c1nc2ccccc2s1.Cl.Cl. The molecule has 44 heavy (non-hydrogen) atoms. The first-order valence-electron chi connectivity index (χ1n) is 14.6. The number of ketones is 1. The molecule has 0 aliphatic carbocycles. The fraction of sp³-hybridized carbons (Fsp3) is 0.438. The van der Waals surface area contributed by atoms with E-state index in [1.807, 2.05) is 43.0 Å². The molecule has 2 aromatic carbocycles. The molecule has 0 saturated carbocycles. The quantitative estimate of drug-likeness (QED) is 0.177. The molecule has 9 nitrogen and oxygen atoms in total. The molecular weight excluding hydrogens is 621 g/mol. The Morgan fingerprint density at radius 3 is 2.30 bits per heavy atom. The van der Waals surface area contributed by atoms with Gasteiger partial charge in [0, 0.05) is 69.4 Å². The van der Waals surface area contributed by atoms with Crippen LogP contribution >= 0.6 is 36.2 Å². The fourth-order valence-corrected chi connectivity index (χ4v) is 6.46. The molecule has 2 aliphatic rings. The Morgan fingerprint density at radius 2 is 1.66 bits per heavy atom. The van der Waals surface area contributed by atoms with Gasteiger partial charge in [0.1, 0.15) is 0 Å². The van der Waals surface area contributed by atoms with Gasteiger partial charge in [0.15, 0.2) is 11.5 Å². The summed E-state index contributed by atoms with van der Waals surface area (Å²) in [6.45, 7) is 11.2. The summed E-state index contributed by atoms with van der Waals surface area (Å²) in [6.07, 6.45) is 4.68. The summed E-state index contributed by atoms with van der Waals surface area (Å²) in [5, 5.41) is 1.63. The van der Waals surface area contributed by atoms with Crippen LogP contribution in [-0.2, 0) is 9.59 Å². The normalized spacial score (nSPS) is 16.5. The van der Waals surface area contributed by atoms with Crippen LogP contribution in [0.5, 0.6) is 5.75 Å². The van der Waals surface area contributed by atoms with Crippen LogP contribution in [0, 0.1) is 0 Å². The zero-order valence-corrected chi connectivity index (χ0v) is 28.1. The first-order valence-corrected chi connectivity index (χ1v) is 15.4. The molecule has 0 bridgehead atoms. The molecule has 0 radical (unpaired) electrons. The van der Waals surface area contributed by atoms with Crippen LogP contribution in [0.4, 0.5) is 5.13 Å². The van der Waals surface area contributed by atoms with Gasteiger partial charge in [-0.3, -0.25) is 19.3 Å². The third-order valence-electron chi connectivity index (χ3n) is 8.06. The number of thiazole rings is 1. The third-order valence-corrected chi connectivity index (χ3v) is 9.06. The van der Waals surface area contributed by atoms with Gasteiger partial charge in [-0.2, -0.15) is 0 Å². The molecule has 3 heterocycles. The lowest BCUT2D eigenvalue weighted by atomic mass is 9.98. The maximum atomic E-state index is 13.1. The number of anilines is 1. The Balaban J connectivity index is 0.00000264. The van der Waals surface area contributed by atoms with Gasteiger partial charge >= 0.3 is 0 Å². The lowest BCUT2D eigenvalue weighted by molar-refractivity contribution is -0.127. The summed E-state index contributed by atoms with van der Waals surface area (Å²) in [5.74, 6) is -0.197. The monoisotopic (exact) mass is 661 g/mol. The number of carbonyl (C=O) groups is 3. The first-order chi connectivity index (χ1) is 20.2. The average Bonchev–Trinajstić information content (AvgIpc) is 3.42. The van der Waals surface area contributed by atoms with Crippen LogP contribution in [-0.4, -0.2) is 89.6 Å². The molecule has 12 heteroatoms. The van der Waals surface area contributed by atoms with Crippen LogP contribution in [0.3, 0.4) is 0 Å². The van der Waals surface area contributed by atoms with E-state index in [4.69, 9.17) is 4.84 Å². The molecule has 1 aromatic heterocycles. The summed E-state index contributed by atoms with van der Waals surface area (Å²) in [6, 6.07) is 13.3. The van der Waals surface area contributed by atoms with Gasteiger partial charge in [0.2, 0.25) is 11.0 Å². The predicted molar refractivity (Wildman–Crippen MR) is 181 cm³/mol. The van der Waals surface area contributed by atoms with Gasteiger partial charge in [-0.15, -0.1) is 29.9 Å². The molecule has 2 saturated heterocycles. The number of aromatic nitrogens is 1. The molecule has 2 amide bonds. The number of likely N-dealkylation sites (tertiary alicyclic amines) is 1. The van der Waals surface area contributed by atoms with E-state index < -0.39 is 0 Å². The first kappa shape index (κ1) is 35.5. The van der Waals surface area contributed by atoms with Crippen LogP contribution < -0.4 is 9.90 Å². The van der Waals surface area contributed by atoms with Crippen molar-refractivity contribution in [3.63, 3.8) is 0 Å². The fourth-order valence-electron chi connectivity index (χ4n) is 5.51. The number of likely N-dealkylation sites (N-methyl/N-ethyl adjacent to an activating group) is 1.